The van der Waals surface area contributed by atoms with Crippen molar-refractivity contribution >= 4 is 11.5 Å². The molecule has 4 nitrogen and oxygen atoms in total. The Hall–Kier alpha value is -2.88. The summed E-state index contributed by atoms with van der Waals surface area (Å²) < 4.78 is 5.28. The van der Waals surface area contributed by atoms with Gasteiger partial charge in [0, 0.05) is 17.3 Å². The van der Waals surface area contributed by atoms with E-state index < -0.39 is 0 Å². The molecule has 0 atom stereocenters. The first kappa shape index (κ1) is 17.0. The lowest BCUT2D eigenvalue weighted by Crippen LogP contribution is -2.10. The van der Waals surface area contributed by atoms with Crippen molar-refractivity contribution in [3.05, 3.63) is 66.5 Å². The third-order valence-electron chi connectivity index (χ3n) is 4.06. The minimum absolute atomic E-state index is 0.146. The lowest BCUT2D eigenvalue weighted by Gasteiger charge is -2.19. The SMILES string of the molecule is COc1cccc(-c2cc(Nc3ccc(C(C)(C)C)cc3)ncn2)c1. The molecule has 0 saturated carbocycles. The summed E-state index contributed by atoms with van der Waals surface area (Å²) in [6.07, 6.45) is 1.57. The summed E-state index contributed by atoms with van der Waals surface area (Å²) in [4.78, 5) is 8.69. The van der Waals surface area contributed by atoms with Gasteiger partial charge in [-0.25, -0.2) is 9.97 Å². The fourth-order valence-electron chi connectivity index (χ4n) is 2.57. The zero-order chi connectivity index (χ0) is 17.9. The Kier molecular flexibility index (Phi) is 4.70. The zero-order valence-corrected chi connectivity index (χ0v) is 15.1. The van der Waals surface area contributed by atoms with Crippen molar-refractivity contribution in [3.63, 3.8) is 0 Å². The van der Waals surface area contributed by atoms with Crippen LogP contribution in [0.4, 0.5) is 11.5 Å². The molecule has 0 amide bonds. The fourth-order valence-corrected chi connectivity index (χ4v) is 2.57. The number of methoxy groups -OCH3 is 1. The van der Waals surface area contributed by atoms with E-state index in [0.29, 0.717) is 0 Å². The highest BCUT2D eigenvalue weighted by atomic mass is 16.5. The lowest BCUT2D eigenvalue weighted by atomic mass is 9.87. The molecule has 0 unspecified atom stereocenters. The zero-order valence-electron chi connectivity index (χ0n) is 15.1. The van der Waals surface area contributed by atoms with Gasteiger partial charge in [-0.3, -0.25) is 0 Å². The fraction of sp³-hybridized carbons (Fsp3) is 0.238. The van der Waals surface area contributed by atoms with Crippen LogP contribution in [0.1, 0.15) is 26.3 Å². The second-order valence-electron chi connectivity index (χ2n) is 6.97. The highest BCUT2D eigenvalue weighted by Crippen LogP contribution is 2.26. The van der Waals surface area contributed by atoms with Crippen LogP contribution >= 0.6 is 0 Å². The Bertz CT molecular complexity index is 852. The summed E-state index contributed by atoms with van der Waals surface area (Å²) in [5.74, 6) is 1.57. The third-order valence-corrected chi connectivity index (χ3v) is 4.06. The maximum atomic E-state index is 5.28. The lowest BCUT2D eigenvalue weighted by molar-refractivity contribution is 0.415. The van der Waals surface area contributed by atoms with Gasteiger partial charge in [0.05, 0.1) is 12.8 Å². The van der Waals surface area contributed by atoms with Gasteiger partial charge in [-0.1, -0.05) is 45.0 Å². The van der Waals surface area contributed by atoms with Gasteiger partial charge < -0.3 is 10.1 Å². The van der Waals surface area contributed by atoms with E-state index in [1.807, 2.05) is 30.3 Å². The standard InChI is InChI=1S/C21H23N3O/c1-21(2,3)16-8-10-17(11-9-16)24-20-13-19(22-14-23-20)15-6-5-7-18(12-15)25-4/h5-14H,1-4H3,(H,22,23,24). The van der Waals surface area contributed by atoms with E-state index in [2.05, 4.69) is 60.3 Å². The van der Waals surface area contributed by atoms with Crippen molar-refractivity contribution in [1.82, 2.24) is 9.97 Å². The Morgan fingerprint density at radius 3 is 2.36 bits per heavy atom. The van der Waals surface area contributed by atoms with Gasteiger partial charge in [0.25, 0.3) is 0 Å². The number of ether oxygens (including phenoxy) is 1. The quantitative estimate of drug-likeness (QED) is 0.713. The minimum Gasteiger partial charge on any atom is -0.497 e. The Morgan fingerprint density at radius 2 is 1.68 bits per heavy atom. The van der Waals surface area contributed by atoms with Crippen LogP contribution in [0.5, 0.6) is 5.75 Å². The first-order chi connectivity index (χ1) is 12.0. The number of aromatic nitrogens is 2. The number of benzene rings is 2. The number of rotatable bonds is 4. The molecule has 128 valence electrons. The van der Waals surface area contributed by atoms with Gasteiger partial charge in [0.15, 0.2) is 0 Å². The highest BCUT2D eigenvalue weighted by Gasteiger charge is 2.13. The molecule has 0 radical (unpaired) electrons. The summed E-state index contributed by atoms with van der Waals surface area (Å²) in [5.41, 5.74) is 4.30. The predicted octanol–water partition coefficient (Wildman–Crippen LogP) is 5.19. The van der Waals surface area contributed by atoms with Crippen LogP contribution in [-0.2, 0) is 5.41 Å². The van der Waals surface area contributed by atoms with E-state index in [1.165, 1.54) is 5.56 Å². The van der Waals surface area contributed by atoms with Crippen molar-refractivity contribution in [2.45, 2.75) is 26.2 Å². The average Bonchev–Trinajstić information content (AvgIpc) is 2.62. The van der Waals surface area contributed by atoms with E-state index in [1.54, 1.807) is 13.4 Å². The van der Waals surface area contributed by atoms with E-state index in [9.17, 15) is 0 Å². The topological polar surface area (TPSA) is 47.0 Å². The van der Waals surface area contributed by atoms with Crippen molar-refractivity contribution in [1.29, 1.82) is 0 Å². The van der Waals surface area contributed by atoms with E-state index >= 15 is 0 Å². The Labute approximate surface area is 148 Å². The van der Waals surface area contributed by atoms with E-state index in [4.69, 9.17) is 4.74 Å². The smallest absolute Gasteiger partial charge is 0.134 e. The van der Waals surface area contributed by atoms with E-state index in [-0.39, 0.29) is 5.41 Å². The Morgan fingerprint density at radius 1 is 0.920 bits per heavy atom. The molecule has 0 bridgehead atoms. The molecule has 0 saturated heterocycles. The molecule has 0 fully saturated rings. The molecule has 0 aliphatic heterocycles. The van der Waals surface area contributed by atoms with Crippen LogP contribution in [0, 0.1) is 0 Å². The van der Waals surface area contributed by atoms with Gasteiger partial charge in [0.1, 0.15) is 17.9 Å². The molecule has 3 rings (SSSR count). The number of nitrogens with zero attached hydrogens (tertiary/aromatic N) is 2. The monoisotopic (exact) mass is 333 g/mol. The highest BCUT2D eigenvalue weighted by molar-refractivity contribution is 5.66. The maximum absolute atomic E-state index is 5.28. The first-order valence-electron chi connectivity index (χ1n) is 8.30. The summed E-state index contributed by atoms with van der Waals surface area (Å²) in [7, 11) is 1.66. The maximum Gasteiger partial charge on any atom is 0.134 e. The summed E-state index contributed by atoms with van der Waals surface area (Å²) in [6, 6.07) is 18.2. The van der Waals surface area contributed by atoms with Crippen LogP contribution in [0.15, 0.2) is 60.9 Å². The van der Waals surface area contributed by atoms with Gasteiger partial charge in [-0.05, 0) is 35.2 Å². The van der Waals surface area contributed by atoms with Crippen LogP contribution in [-0.4, -0.2) is 17.1 Å². The summed E-state index contributed by atoms with van der Waals surface area (Å²) in [6.45, 7) is 6.63. The number of hydrogen-bond acceptors (Lipinski definition) is 4. The minimum atomic E-state index is 0.146. The number of hydrogen-bond donors (Lipinski definition) is 1. The average molecular weight is 333 g/mol. The molecule has 3 aromatic rings. The molecule has 0 aliphatic carbocycles. The molecular formula is C21H23N3O. The molecule has 0 spiro atoms. The third kappa shape index (κ3) is 4.15. The predicted molar refractivity (Wildman–Crippen MR) is 102 cm³/mol. The van der Waals surface area contributed by atoms with Crippen molar-refractivity contribution < 1.29 is 4.74 Å². The van der Waals surface area contributed by atoms with Crippen molar-refractivity contribution in [3.8, 4) is 17.0 Å². The Balaban J connectivity index is 1.82. The van der Waals surface area contributed by atoms with Crippen LogP contribution in [0.25, 0.3) is 11.3 Å². The van der Waals surface area contributed by atoms with E-state index in [0.717, 1.165) is 28.5 Å². The normalized spacial score (nSPS) is 11.2. The second kappa shape index (κ2) is 6.93. The van der Waals surface area contributed by atoms with Gasteiger partial charge in [0.2, 0.25) is 0 Å². The number of nitrogens with one attached hydrogen (secondary N) is 1. The van der Waals surface area contributed by atoms with Crippen LogP contribution in [0.3, 0.4) is 0 Å². The molecule has 2 aromatic carbocycles. The molecular weight excluding hydrogens is 310 g/mol. The van der Waals surface area contributed by atoms with Crippen LogP contribution in [0.2, 0.25) is 0 Å². The second-order valence-corrected chi connectivity index (χ2v) is 6.97. The van der Waals surface area contributed by atoms with Crippen molar-refractivity contribution in [2.75, 3.05) is 12.4 Å². The summed E-state index contributed by atoms with van der Waals surface area (Å²) in [5, 5.41) is 3.34. The van der Waals surface area contributed by atoms with Gasteiger partial charge in [-0.2, -0.15) is 0 Å². The molecule has 1 N–H and O–H groups in total. The van der Waals surface area contributed by atoms with Gasteiger partial charge in [-0.15, -0.1) is 0 Å². The molecule has 0 aliphatic rings. The largest absolute Gasteiger partial charge is 0.497 e. The van der Waals surface area contributed by atoms with Crippen molar-refractivity contribution in [2.24, 2.45) is 0 Å². The summed E-state index contributed by atoms with van der Waals surface area (Å²) >= 11 is 0. The van der Waals surface area contributed by atoms with Gasteiger partial charge >= 0.3 is 0 Å². The molecule has 1 aromatic heterocycles. The number of anilines is 2. The molecule has 25 heavy (non-hydrogen) atoms. The first-order valence-corrected chi connectivity index (χ1v) is 8.30. The molecule has 1 heterocycles. The van der Waals surface area contributed by atoms with Crippen LogP contribution < -0.4 is 10.1 Å². The molecule has 4 heteroatoms.